The van der Waals surface area contributed by atoms with Crippen molar-refractivity contribution in [2.45, 2.75) is 243 Å². The number of hydrogen-bond acceptors (Lipinski definition) is 17. The van der Waals surface area contributed by atoms with Gasteiger partial charge in [0.05, 0.1) is 5.92 Å². The van der Waals surface area contributed by atoms with E-state index < -0.39 is 80.4 Å². The van der Waals surface area contributed by atoms with Crippen LogP contribution < -0.4 is 38.1 Å². The third kappa shape index (κ3) is 51.7. The van der Waals surface area contributed by atoms with E-state index >= 15 is 0 Å². The minimum atomic E-state index is -0.980. The van der Waals surface area contributed by atoms with Gasteiger partial charge in [-0.15, -0.1) is 24.8 Å². The van der Waals surface area contributed by atoms with Gasteiger partial charge >= 0.3 is 193 Å². The number of carbonyl (C=O) groups excluding carboxylic acids is 11. The van der Waals surface area contributed by atoms with Crippen molar-refractivity contribution in [3.05, 3.63) is 83.1 Å². The molecular weight excluding hydrogens is 2910 g/mol. The van der Waals surface area contributed by atoms with Crippen LogP contribution in [0.1, 0.15) is 179 Å². The second-order valence-electron chi connectivity index (χ2n) is 30.5. The van der Waals surface area contributed by atoms with Gasteiger partial charge in [0.15, 0.2) is 5.91 Å². The second-order valence-corrected chi connectivity index (χ2v) is 30.5. The molecule has 0 radical (unpaired) electrons. The Labute approximate surface area is 884 Å². The van der Waals surface area contributed by atoms with Gasteiger partial charge in [-0.3, -0.25) is 47.9 Å². The summed E-state index contributed by atoms with van der Waals surface area (Å²) < 4.78 is 52.4. The number of rotatable bonds is 28. The normalized spacial score (nSPS) is 24.9. The van der Waals surface area contributed by atoms with Gasteiger partial charge < -0.3 is 170 Å². The van der Waals surface area contributed by atoms with Crippen molar-refractivity contribution in [2.24, 2.45) is 41.1 Å². The molecule has 0 saturated carbocycles. The van der Waals surface area contributed by atoms with E-state index in [9.17, 15) is 52.7 Å². The quantitative estimate of drug-likeness (QED) is 0.0423. The van der Waals surface area contributed by atoms with E-state index in [-0.39, 0.29) is 344 Å². The van der Waals surface area contributed by atoms with Crippen LogP contribution in [0.4, 0.5) is 4.79 Å². The summed E-state index contributed by atoms with van der Waals surface area (Å²) >= 11 is 0. The zero-order valence-corrected chi connectivity index (χ0v) is 101. The van der Waals surface area contributed by atoms with Gasteiger partial charge in [-0.2, -0.15) is 38.5 Å². The van der Waals surface area contributed by atoms with Gasteiger partial charge in [0.25, 0.3) is 0 Å². The van der Waals surface area contributed by atoms with E-state index in [4.69, 9.17) is 18.7 Å². The van der Waals surface area contributed by atoms with E-state index in [2.05, 4.69) is 115 Å². The van der Waals surface area contributed by atoms with Crippen LogP contribution in [0.5, 0.6) is 0 Å². The summed E-state index contributed by atoms with van der Waals surface area (Å²) in [6.07, 6.45) is 12.1. The fourth-order valence-electron chi connectivity index (χ4n) is 12.7. The molecule has 0 aliphatic carbocycles. The monoisotopic (exact) mass is 3080 g/mol. The fourth-order valence-corrected chi connectivity index (χ4v) is 12.7. The molecule has 6 saturated heterocycles. The van der Waals surface area contributed by atoms with Crippen molar-refractivity contribution in [1.29, 1.82) is 0 Å². The van der Waals surface area contributed by atoms with Gasteiger partial charge in [-0.1, -0.05) is 40.5 Å². The molecule has 6 aliphatic rings. The first kappa shape index (κ1) is 124. The van der Waals surface area contributed by atoms with Crippen molar-refractivity contribution in [3.63, 3.8) is 0 Å². The number of carbonyl (C=O) groups is 11. The van der Waals surface area contributed by atoms with E-state index in [1.807, 2.05) is 51.8 Å². The standard InChI is InChI=1S/C19H33N3O4.2C15H27N3O2.C14H25N3O2.C10H17NO.C9H16N2O.CH5N.2ClH.6U/c1-8-15-10-9-11-22(15)17(24)14(3)20-16(23)13(2)12-21(7)18(25)26-19(4,5)6;2*1-6-13-8-7-9-18(13)15(20)12(3)16-14(19)11(2)10-17(4)5;1-5-12-7-6-8-17(12)14(19)11(3)16-13(18)10(2)9-15-4;1-4-9-6-5-7-11(9)10(12)8(2)3;1-3-8-5-4-6-11(8)9(12)7(2)10;1-2;;;;;;;;/h13-15H,1,3,8-12H2,2,4-7H3,(H,20,23);2*11-13H,1,3,6-10H2,2,4-5H3,(H,16,19);10-12,15H,1,3,5-9H2,2,4H3,(H,16,18);8-9H,1-2,4-7H2,3H3;7-8H,1-6,10H2;2H2,1H3;2*1H;;;;;;/q6*-2;;;;6*+2/t13-,14+,15+;2*11-,12+,13+;10-,11+,12+;8-,9+;7-,8-;;;;;;;;;/m111110........./s1/i11T;2*9T;8T;7T;6T;;;;;;;;;/t11-,13-,14+,15+;2*9-,11-,12+,13+;8-,10-,11+,12+;7-,8-,9+;6-,7+,8+;;;;;;;;;/m111111.......... The van der Waals surface area contributed by atoms with Crippen LogP contribution in [0.3, 0.4) is 0 Å². The van der Waals surface area contributed by atoms with E-state index in [0.29, 0.717) is 83.8 Å². The molecule has 9 N–H and O–H groups in total. The molecule has 674 valence electrons. The van der Waals surface area contributed by atoms with Crippen LogP contribution in [0.25, 0.3) is 0 Å². The molecule has 6 heterocycles. The minimum Gasteiger partial charge on any atom is -0.444 e. The summed E-state index contributed by atoms with van der Waals surface area (Å²) in [4.78, 5) is 148. The molecule has 6 aliphatic heterocycles. The Bertz CT molecular complexity index is 2960. The molecule has 0 spiro atoms. The molecular formula is C83H152Cl2N16O12U6. The largest absolute Gasteiger partial charge is 2.00 e. The third-order valence-electron chi connectivity index (χ3n) is 18.9. The fraction of sp³-hybridized carbons (Fsp3) is 0.723. The van der Waals surface area contributed by atoms with Crippen LogP contribution in [0.15, 0.2) is 0 Å². The summed E-state index contributed by atoms with van der Waals surface area (Å²) in [5, 5.41) is 13.4. The van der Waals surface area contributed by atoms with Crippen molar-refractivity contribution >= 4 is 90.0 Å². The molecule has 22 atom stereocenters. The van der Waals surface area contributed by atoms with Gasteiger partial charge in [0.1, 0.15) is 5.60 Å². The summed E-state index contributed by atoms with van der Waals surface area (Å²) in [6.45, 7) is 57.9. The van der Waals surface area contributed by atoms with Crippen LogP contribution in [-0.4, -0.2) is 296 Å². The Morgan fingerprint density at radius 1 is 0.403 bits per heavy atom. The molecule has 11 amide bonds. The van der Waals surface area contributed by atoms with Crippen LogP contribution >= 0.6 is 24.8 Å². The average Bonchev–Trinajstić information content (AvgIpc) is 1.89. The van der Waals surface area contributed by atoms with E-state index in [1.165, 1.54) is 36.4 Å². The summed E-state index contributed by atoms with van der Waals surface area (Å²) in [5.74, 6) is -3.91. The number of ether oxygens (including phenoxy) is 1. The maximum Gasteiger partial charge on any atom is 2.00 e. The molecule has 0 aromatic rings. The minimum absolute atomic E-state index is 0. The smallest absolute Gasteiger partial charge is 0.444 e. The molecule has 6 rings (SSSR count). The first-order valence-electron chi connectivity index (χ1n) is 42.6. The second kappa shape index (κ2) is 74.3. The number of hydrogen-bond donors (Lipinski definition) is 7. The van der Waals surface area contributed by atoms with Crippen molar-refractivity contribution in [3.8, 4) is 0 Å². The number of nitrogens with zero attached hydrogens (tertiary/aromatic N) is 9. The number of halogens is 2. The molecule has 0 unspecified atom stereocenters. The topological polar surface area (TPSA) is 338 Å². The van der Waals surface area contributed by atoms with E-state index in [1.54, 1.807) is 60.5 Å². The molecule has 0 bridgehead atoms. The summed E-state index contributed by atoms with van der Waals surface area (Å²) in [5.41, 5.74) is 9.27. The Morgan fingerprint density at radius 2 is 0.613 bits per heavy atom. The van der Waals surface area contributed by atoms with Crippen LogP contribution in [0.2, 0.25) is 0 Å². The molecule has 0 aromatic carbocycles. The van der Waals surface area contributed by atoms with Gasteiger partial charge in [-0.25, -0.2) is 4.79 Å². The molecule has 0 aromatic heterocycles. The zero-order valence-electron chi connectivity index (χ0n) is 80.1. The Morgan fingerprint density at radius 3 is 0.807 bits per heavy atom. The SMILES string of the molecule is CN.Cl.Cl.[3H][C@@H]1CC[C@H](C[CH2-])N1C(=O)[C@H]([CH2-])C.[3H][C@@H]1CC[C@H](C[CH2-])N1C(=O)[C@H]([CH2-])N.[3H][C@@H]1CC[C@H](C[CH2-])N1C(=O)[C@H]([CH2-])NC(=O)[C@H](C)CN(C)C.[3H][C@@H]1CC[C@H](C[CH2-])N1C(=O)[C@H]([CH2-])NC(=O)[C@H](C)CN(C)C.[3H][C@@H]1CC[C@H](C[CH2-])N1C(=O)[C@H]([CH2-])NC(=O)[C@H](C)CN(C)C(=O)OC(C)(C)C.[3H][C@@H]1CC[C@H](C[CH2-])N1C(=O)[C@H]([CH2-])NC(=O)[C@H](C)CNC.[U+2].[U+2].[U+2].[U+2].[U+2].[U+2]. The predicted molar refractivity (Wildman–Crippen MR) is 456 cm³/mol. The molecule has 28 nitrogen and oxygen atoms in total. The number of nitrogens with one attached hydrogen (secondary N) is 5. The van der Waals surface area contributed by atoms with Crippen molar-refractivity contribution in [2.75, 3.05) is 115 Å². The number of nitrogens with two attached hydrogens (primary N) is 2. The molecule has 119 heavy (non-hydrogen) atoms. The van der Waals surface area contributed by atoms with Crippen molar-refractivity contribution < 1.29 is 252 Å². The molecule has 6 fully saturated rings. The Hall–Kier alpha value is 0.662. The van der Waals surface area contributed by atoms with Crippen LogP contribution in [0, 0.1) is 299 Å². The maximum absolute atomic E-state index is 12.6. The zero-order chi connectivity index (χ0) is 90.5. The number of likely N-dealkylation sites (tertiary alicyclic amines) is 6. The van der Waals surface area contributed by atoms with Crippen molar-refractivity contribution in [1.82, 2.24) is 70.7 Å². The Balaban J connectivity index is -0.000000184. The summed E-state index contributed by atoms with van der Waals surface area (Å²) in [6, 6.07) is -4.14. The van der Waals surface area contributed by atoms with E-state index in [0.717, 1.165) is 51.4 Å². The maximum atomic E-state index is 12.6. The van der Waals surface area contributed by atoms with Gasteiger partial charge in [0, 0.05) is 135 Å². The third-order valence-corrected chi connectivity index (χ3v) is 18.9. The van der Waals surface area contributed by atoms with Crippen LogP contribution in [-0.2, 0) is 52.7 Å². The average molecular weight is 3080 g/mol. The van der Waals surface area contributed by atoms with Gasteiger partial charge in [-0.05, 0) is 170 Å². The predicted octanol–water partition coefficient (Wildman–Crippen LogP) is 6.29. The first-order chi connectivity index (χ1) is 54.5. The summed E-state index contributed by atoms with van der Waals surface area (Å²) in [7, 11) is 12.4. The first-order valence-corrected chi connectivity index (χ1v) is 39.1. The van der Waals surface area contributed by atoms with Gasteiger partial charge in [0.2, 0.25) is 53.2 Å². The molecule has 36 heteroatoms. The number of amides is 11. The Kier molecular flexibility index (Phi) is 77.3.